The van der Waals surface area contributed by atoms with Crippen molar-refractivity contribution in [2.75, 3.05) is 13.1 Å². The minimum atomic E-state index is -0.332. The molecule has 0 saturated carbocycles. The number of hydrogen-bond donors (Lipinski definition) is 1. The largest absolute Gasteiger partial charge is 0.391 e. The first-order valence-corrected chi connectivity index (χ1v) is 6.60. The van der Waals surface area contributed by atoms with Gasteiger partial charge in [-0.2, -0.15) is 0 Å². The number of aliphatic hydroxyl groups is 1. The highest BCUT2D eigenvalue weighted by atomic mass is 16.3. The highest BCUT2D eigenvalue weighted by Gasteiger charge is 2.21. The number of pyridine rings is 1. The third kappa shape index (κ3) is 3.81. The van der Waals surface area contributed by atoms with Crippen LogP contribution in [0.4, 0.5) is 0 Å². The molecule has 1 saturated heterocycles. The summed E-state index contributed by atoms with van der Waals surface area (Å²) in [6, 6.07) is 3.94. The van der Waals surface area contributed by atoms with Crippen molar-refractivity contribution < 1.29 is 9.90 Å². The Bertz CT molecular complexity index is 381. The van der Waals surface area contributed by atoms with Crippen LogP contribution in [0.5, 0.6) is 0 Å². The zero-order chi connectivity index (χ0) is 12.8. The van der Waals surface area contributed by atoms with E-state index in [0.29, 0.717) is 13.0 Å². The average Bonchev–Trinajstić information content (AvgIpc) is 2.40. The Labute approximate surface area is 108 Å². The first kappa shape index (κ1) is 13.0. The number of likely N-dealkylation sites (tertiary alicyclic amines) is 1. The number of aromatic nitrogens is 1. The van der Waals surface area contributed by atoms with E-state index in [1.54, 1.807) is 11.1 Å². The van der Waals surface area contributed by atoms with Crippen molar-refractivity contribution in [1.82, 2.24) is 9.88 Å². The maximum atomic E-state index is 11.9. The van der Waals surface area contributed by atoms with E-state index < -0.39 is 0 Å². The van der Waals surface area contributed by atoms with Crippen LogP contribution in [0.15, 0.2) is 24.5 Å². The number of hydrogen-bond acceptors (Lipinski definition) is 3. The molecule has 1 aromatic heterocycles. The molecule has 4 nitrogen and oxygen atoms in total. The number of aliphatic hydroxyl groups excluding tert-OH is 1. The van der Waals surface area contributed by atoms with Gasteiger partial charge in [0.1, 0.15) is 0 Å². The summed E-state index contributed by atoms with van der Waals surface area (Å²) in [5.74, 6) is 0.164. The van der Waals surface area contributed by atoms with Crippen molar-refractivity contribution in [3.8, 4) is 0 Å². The van der Waals surface area contributed by atoms with Crippen LogP contribution in [-0.2, 0) is 11.2 Å². The molecule has 18 heavy (non-hydrogen) atoms. The molecule has 0 radical (unpaired) electrons. The minimum Gasteiger partial charge on any atom is -0.391 e. The number of aryl methyl sites for hydroxylation is 1. The Balaban J connectivity index is 1.71. The van der Waals surface area contributed by atoms with Crippen LogP contribution in [0.1, 0.15) is 31.2 Å². The van der Waals surface area contributed by atoms with E-state index in [1.165, 1.54) is 5.56 Å². The summed E-state index contributed by atoms with van der Waals surface area (Å²) in [5, 5.41) is 9.53. The van der Waals surface area contributed by atoms with Crippen LogP contribution >= 0.6 is 0 Å². The van der Waals surface area contributed by atoms with Gasteiger partial charge in [0.2, 0.25) is 5.91 Å². The molecule has 0 aromatic carbocycles. The lowest BCUT2D eigenvalue weighted by Gasteiger charge is -2.30. The van der Waals surface area contributed by atoms with Crippen LogP contribution in [0.2, 0.25) is 0 Å². The number of piperidine rings is 1. The van der Waals surface area contributed by atoms with Crippen LogP contribution in [0.3, 0.4) is 0 Å². The first-order chi connectivity index (χ1) is 8.75. The van der Waals surface area contributed by atoms with Crippen LogP contribution < -0.4 is 0 Å². The monoisotopic (exact) mass is 248 g/mol. The molecule has 1 amide bonds. The maximum absolute atomic E-state index is 11.9. The summed E-state index contributed by atoms with van der Waals surface area (Å²) in [6.45, 7) is 1.30. The molecule has 4 heteroatoms. The summed E-state index contributed by atoms with van der Waals surface area (Å²) in [5.41, 5.74) is 1.17. The van der Waals surface area contributed by atoms with Crippen LogP contribution in [0.25, 0.3) is 0 Å². The quantitative estimate of drug-likeness (QED) is 0.876. The van der Waals surface area contributed by atoms with E-state index in [1.807, 2.05) is 18.3 Å². The normalized spacial score (nSPS) is 19.8. The predicted octanol–water partition coefficient (Wildman–Crippen LogP) is 1.39. The second kappa shape index (κ2) is 6.50. The van der Waals surface area contributed by atoms with E-state index in [2.05, 4.69) is 4.98 Å². The molecule has 0 spiro atoms. The second-order valence-corrected chi connectivity index (χ2v) is 4.85. The van der Waals surface area contributed by atoms with Crippen LogP contribution in [0, 0.1) is 0 Å². The molecule has 1 aromatic rings. The molecule has 98 valence electrons. The van der Waals surface area contributed by atoms with E-state index >= 15 is 0 Å². The molecule has 1 N–H and O–H groups in total. The minimum absolute atomic E-state index is 0.164. The van der Waals surface area contributed by atoms with E-state index in [-0.39, 0.29) is 12.0 Å². The second-order valence-electron chi connectivity index (χ2n) is 4.85. The fourth-order valence-corrected chi connectivity index (χ4v) is 2.33. The predicted molar refractivity (Wildman–Crippen MR) is 69.0 cm³/mol. The lowest BCUT2D eigenvalue weighted by Crippen LogP contribution is -2.42. The zero-order valence-electron chi connectivity index (χ0n) is 10.6. The van der Waals surface area contributed by atoms with Gasteiger partial charge in [-0.05, 0) is 37.3 Å². The number of carbonyl (C=O) groups excluding carboxylic acids is 1. The molecule has 0 bridgehead atoms. The Morgan fingerprint density at radius 1 is 1.56 bits per heavy atom. The molecular formula is C14H20N2O2. The van der Waals surface area contributed by atoms with Gasteiger partial charge in [-0.15, -0.1) is 0 Å². The Hall–Kier alpha value is -1.42. The topological polar surface area (TPSA) is 53.4 Å². The smallest absolute Gasteiger partial charge is 0.222 e. The molecule has 1 aliphatic rings. The third-order valence-corrected chi connectivity index (χ3v) is 3.33. The lowest BCUT2D eigenvalue weighted by molar-refractivity contribution is -0.134. The number of amides is 1. The van der Waals surface area contributed by atoms with Gasteiger partial charge in [-0.25, -0.2) is 0 Å². The van der Waals surface area contributed by atoms with Crippen molar-refractivity contribution in [3.63, 3.8) is 0 Å². The summed E-state index contributed by atoms with van der Waals surface area (Å²) < 4.78 is 0. The van der Waals surface area contributed by atoms with Gasteiger partial charge in [0.25, 0.3) is 0 Å². The van der Waals surface area contributed by atoms with E-state index in [9.17, 15) is 9.90 Å². The van der Waals surface area contributed by atoms with Crippen molar-refractivity contribution in [2.45, 2.75) is 38.2 Å². The summed E-state index contributed by atoms with van der Waals surface area (Å²) in [4.78, 5) is 17.8. The van der Waals surface area contributed by atoms with Crippen molar-refractivity contribution >= 4 is 5.91 Å². The fourth-order valence-electron chi connectivity index (χ4n) is 2.33. The Morgan fingerprint density at radius 3 is 3.17 bits per heavy atom. The van der Waals surface area contributed by atoms with Crippen molar-refractivity contribution in [1.29, 1.82) is 0 Å². The number of β-amino-alcohol motifs (C(OH)–C–C–N with tert-alkyl or cyclic N) is 1. The summed E-state index contributed by atoms with van der Waals surface area (Å²) in [6.07, 6.45) is 7.28. The Morgan fingerprint density at radius 2 is 2.44 bits per heavy atom. The van der Waals surface area contributed by atoms with Crippen molar-refractivity contribution in [2.24, 2.45) is 0 Å². The highest BCUT2D eigenvalue weighted by molar-refractivity contribution is 5.76. The SMILES string of the molecule is O=C(CCCc1cccnc1)N1CCCC(O)C1. The van der Waals surface area contributed by atoms with Gasteiger partial charge in [0.15, 0.2) is 0 Å². The molecular weight excluding hydrogens is 228 g/mol. The summed E-state index contributed by atoms with van der Waals surface area (Å²) in [7, 11) is 0. The molecule has 2 heterocycles. The maximum Gasteiger partial charge on any atom is 0.222 e. The summed E-state index contributed by atoms with van der Waals surface area (Å²) >= 11 is 0. The van der Waals surface area contributed by atoms with Gasteiger partial charge in [0.05, 0.1) is 6.10 Å². The fraction of sp³-hybridized carbons (Fsp3) is 0.571. The van der Waals surface area contributed by atoms with Crippen LogP contribution in [-0.4, -0.2) is 40.1 Å². The number of rotatable bonds is 4. The zero-order valence-corrected chi connectivity index (χ0v) is 10.6. The number of carbonyl (C=O) groups is 1. The van der Waals surface area contributed by atoms with E-state index in [0.717, 1.165) is 32.2 Å². The standard InChI is InChI=1S/C14H20N2O2/c17-13-6-3-9-16(11-13)14(18)7-1-4-12-5-2-8-15-10-12/h2,5,8,10,13,17H,1,3-4,6-7,9,11H2. The highest BCUT2D eigenvalue weighted by Crippen LogP contribution is 2.12. The average molecular weight is 248 g/mol. The lowest BCUT2D eigenvalue weighted by atomic mass is 10.1. The first-order valence-electron chi connectivity index (χ1n) is 6.60. The molecule has 1 atom stereocenters. The van der Waals surface area contributed by atoms with Gasteiger partial charge >= 0.3 is 0 Å². The van der Waals surface area contributed by atoms with Gasteiger partial charge < -0.3 is 10.0 Å². The van der Waals surface area contributed by atoms with Gasteiger partial charge in [0, 0.05) is 31.9 Å². The molecule has 1 aliphatic heterocycles. The Kier molecular flexibility index (Phi) is 4.70. The number of nitrogens with zero attached hydrogens (tertiary/aromatic N) is 2. The van der Waals surface area contributed by atoms with Crippen molar-refractivity contribution in [3.05, 3.63) is 30.1 Å². The molecule has 1 unspecified atom stereocenters. The third-order valence-electron chi connectivity index (χ3n) is 3.33. The van der Waals surface area contributed by atoms with Gasteiger partial charge in [-0.3, -0.25) is 9.78 Å². The molecule has 0 aliphatic carbocycles. The molecule has 1 fully saturated rings. The van der Waals surface area contributed by atoms with Gasteiger partial charge in [-0.1, -0.05) is 6.07 Å². The molecule has 2 rings (SSSR count). The van der Waals surface area contributed by atoms with E-state index in [4.69, 9.17) is 0 Å².